The molecule has 0 spiro atoms. The molecule has 0 radical (unpaired) electrons. The molecule has 0 aliphatic heterocycles. The molecule has 0 aliphatic rings. The highest BCUT2D eigenvalue weighted by atomic mass is 16.6. The van der Waals surface area contributed by atoms with E-state index in [-0.39, 0.29) is 61.0 Å². The highest BCUT2D eigenvalue weighted by Crippen LogP contribution is 2.30. The number of esters is 4. The first-order valence-electron chi connectivity index (χ1n) is 12.4. The summed E-state index contributed by atoms with van der Waals surface area (Å²) in [5.41, 5.74) is 0.653. The summed E-state index contributed by atoms with van der Waals surface area (Å²) in [6, 6.07) is 4.07. The van der Waals surface area contributed by atoms with Crippen molar-refractivity contribution in [1.29, 1.82) is 0 Å². The van der Waals surface area contributed by atoms with Gasteiger partial charge in [0, 0.05) is 19.4 Å². The van der Waals surface area contributed by atoms with Crippen LogP contribution in [0.1, 0.15) is 66.9 Å². The van der Waals surface area contributed by atoms with Gasteiger partial charge in [-0.25, -0.2) is 0 Å². The van der Waals surface area contributed by atoms with E-state index in [0.717, 1.165) is 0 Å². The van der Waals surface area contributed by atoms with E-state index in [2.05, 4.69) is 5.32 Å². The molecule has 0 aliphatic carbocycles. The zero-order chi connectivity index (χ0) is 27.4. The van der Waals surface area contributed by atoms with Crippen molar-refractivity contribution in [3.63, 3.8) is 0 Å². The molecule has 0 heterocycles. The second-order valence-electron chi connectivity index (χ2n) is 10.0. The summed E-state index contributed by atoms with van der Waals surface area (Å²) in [6.45, 7) is 13.1. The fraction of sp³-hybridized carbons (Fsp3) is 0.630. The smallest absolute Gasteiger partial charge is 0.323 e. The fourth-order valence-electron chi connectivity index (χ4n) is 3.14. The number of nitrogens with one attached hydrogen (secondary N) is 1. The van der Waals surface area contributed by atoms with Crippen LogP contribution in [0.3, 0.4) is 0 Å². The lowest BCUT2D eigenvalue weighted by Crippen LogP contribution is -2.43. The third-order valence-corrected chi connectivity index (χ3v) is 4.97. The van der Waals surface area contributed by atoms with Crippen molar-refractivity contribution < 1.29 is 38.1 Å². The van der Waals surface area contributed by atoms with Crippen LogP contribution in [-0.2, 0) is 35.1 Å². The third kappa shape index (κ3) is 11.7. The zero-order valence-electron chi connectivity index (χ0n) is 22.7. The standard InChI is InChI=1S/C27H41NO8/c1-16(2)11-24(29)35-22-10-9-20(14-23(22)36-25(30)12-17(3)4)13-21(27(32)33-8)28-15-19(7)34-26(31)18(5)6/h9-10,14,16-19,21,28H,11-13,15H2,1-8H3/t19?,21-/m0/s1. The van der Waals surface area contributed by atoms with Gasteiger partial charge in [-0.1, -0.05) is 47.6 Å². The average Bonchev–Trinajstić information content (AvgIpc) is 2.76. The predicted molar refractivity (Wildman–Crippen MR) is 135 cm³/mol. The van der Waals surface area contributed by atoms with Crippen LogP contribution in [0, 0.1) is 17.8 Å². The summed E-state index contributed by atoms with van der Waals surface area (Å²) in [5, 5.41) is 3.07. The first kappa shape index (κ1) is 31.1. The van der Waals surface area contributed by atoms with Gasteiger partial charge in [0.2, 0.25) is 0 Å². The Labute approximate surface area is 214 Å². The molecule has 1 aromatic carbocycles. The lowest BCUT2D eigenvalue weighted by Gasteiger charge is -2.21. The number of rotatable bonds is 14. The minimum absolute atomic E-state index is 0.0901. The van der Waals surface area contributed by atoms with Crippen LogP contribution in [0.4, 0.5) is 0 Å². The molecule has 0 bridgehead atoms. The molecule has 9 nitrogen and oxygen atoms in total. The van der Waals surface area contributed by atoms with Gasteiger partial charge in [0.1, 0.15) is 12.1 Å². The van der Waals surface area contributed by atoms with Gasteiger partial charge in [0.25, 0.3) is 0 Å². The van der Waals surface area contributed by atoms with Crippen molar-refractivity contribution in [2.75, 3.05) is 13.7 Å². The fourth-order valence-corrected chi connectivity index (χ4v) is 3.14. The SMILES string of the molecule is COC(=O)[C@H](Cc1ccc(OC(=O)CC(C)C)c(OC(=O)CC(C)C)c1)NCC(C)OC(=O)C(C)C. The second-order valence-corrected chi connectivity index (χ2v) is 10.0. The van der Waals surface area contributed by atoms with E-state index in [9.17, 15) is 19.2 Å². The quantitative estimate of drug-likeness (QED) is 0.296. The molecule has 1 N–H and O–H groups in total. The van der Waals surface area contributed by atoms with Gasteiger partial charge in [-0.05, 0) is 42.9 Å². The van der Waals surface area contributed by atoms with Crippen LogP contribution in [0.2, 0.25) is 0 Å². The molecular formula is C27H41NO8. The molecule has 202 valence electrons. The van der Waals surface area contributed by atoms with Crippen LogP contribution in [-0.4, -0.2) is 49.7 Å². The molecule has 0 saturated carbocycles. The Morgan fingerprint density at radius 3 is 1.86 bits per heavy atom. The van der Waals surface area contributed by atoms with Crippen LogP contribution >= 0.6 is 0 Å². The Bertz CT molecular complexity index is 894. The molecule has 1 aromatic rings. The van der Waals surface area contributed by atoms with Crippen LogP contribution in [0.5, 0.6) is 11.5 Å². The maximum atomic E-state index is 12.4. The van der Waals surface area contributed by atoms with E-state index in [0.29, 0.717) is 5.56 Å². The van der Waals surface area contributed by atoms with E-state index in [1.165, 1.54) is 7.11 Å². The van der Waals surface area contributed by atoms with Gasteiger partial charge in [0.05, 0.1) is 13.0 Å². The molecule has 0 amide bonds. The second kappa shape index (κ2) is 15.2. The highest BCUT2D eigenvalue weighted by molar-refractivity contribution is 5.77. The Balaban J connectivity index is 3.08. The van der Waals surface area contributed by atoms with Crippen molar-refractivity contribution in [2.45, 2.75) is 79.9 Å². The van der Waals surface area contributed by atoms with E-state index >= 15 is 0 Å². The van der Waals surface area contributed by atoms with Gasteiger partial charge >= 0.3 is 23.9 Å². The summed E-state index contributed by atoms with van der Waals surface area (Å²) in [6.07, 6.45) is 0.159. The number of carbonyl (C=O) groups is 4. The van der Waals surface area contributed by atoms with Gasteiger partial charge in [-0.15, -0.1) is 0 Å². The summed E-state index contributed by atoms with van der Waals surface area (Å²) in [5.74, 6) is -1.52. The molecule has 0 aromatic heterocycles. The molecule has 1 rings (SSSR count). The van der Waals surface area contributed by atoms with Gasteiger partial charge < -0.3 is 24.3 Å². The summed E-state index contributed by atoms with van der Waals surface area (Å²) in [7, 11) is 1.29. The van der Waals surface area contributed by atoms with Crippen LogP contribution in [0.25, 0.3) is 0 Å². The topological polar surface area (TPSA) is 117 Å². The highest BCUT2D eigenvalue weighted by Gasteiger charge is 2.23. The van der Waals surface area contributed by atoms with E-state index in [1.807, 2.05) is 27.7 Å². The molecule has 0 fully saturated rings. The third-order valence-electron chi connectivity index (χ3n) is 4.97. The zero-order valence-corrected chi connectivity index (χ0v) is 22.7. The number of hydrogen-bond donors (Lipinski definition) is 1. The van der Waals surface area contributed by atoms with Crippen molar-refractivity contribution in [1.82, 2.24) is 5.32 Å². The Hall–Kier alpha value is -2.94. The Kier molecular flexibility index (Phi) is 13.2. The molecule has 36 heavy (non-hydrogen) atoms. The summed E-state index contributed by atoms with van der Waals surface area (Å²) in [4.78, 5) is 48.8. The van der Waals surface area contributed by atoms with Crippen molar-refractivity contribution >= 4 is 23.9 Å². The maximum Gasteiger partial charge on any atom is 0.323 e. The molecule has 2 atom stereocenters. The molecule has 9 heteroatoms. The molecular weight excluding hydrogens is 466 g/mol. The van der Waals surface area contributed by atoms with Crippen LogP contribution in [0.15, 0.2) is 18.2 Å². The number of carbonyl (C=O) groups excluding carboxylic acids is 4. The predicted octanol–water partition coefficient (Wildman–Crippen LogP) is 3.85. The summed E-state index contributed by atoms with van der Waals surface area (Å²) >= 11 is 0. The summed E-state index contributed by atoms with van der Waals surface area (Å²) < 4.78 is 21.2. The monoisotopic (exact) mass is 507 g/mol. The van der Waals surface area contributed by atoms with Gasteiger partial charge in [-0.3, -0.25) is 19.2 Å². The van der Waals surface area contributed by atoms with E-state index in [1.54, 1.807) is 39.0 Å². The first-order chi connectivity index (χ1) is 16.8. The van der Waals surface area contributed by atoms with Gasteiger partial charge in [-0.2, -0.15) is 0 Å². The number of ether oxygens (including phenoxy) is 4. The number of hydrogen-bond acceptors (Lipinski definition) is 9. The largest absolute Gasteiger partial charge is 0.468 e. The average molecular weight is 508 g/mol. The lowest BCUT2D eigenvalue weighted by molar-refractivity contribution is -0.152. The van der Waals surface area contributed by atoms with Crippen LogP contribution < -0.4 is 14.8 Å². The van der Waals surface area contributed by atoms with E-state index in [4.69, 9.17) is 18.9 Å². The Morgan fingerprint density at radius 2 is 1.36 bits per heavy atom. The van der Waals surface area contributed by atoms with Gasteiger partial charge in [0.15, 0.2) is 11.5 Å². The Morgan fingerprint density at radius 1 is 0.806 bits per heavy atom. The minimum atomic E-state index is -0.747. The van der Waals surface area contributed by atoms with E-state index < -0.39 is 30.1 Å². The minimum Gasteiger partial charge on any atom is -0.468 e. The van der Waals surface area contributed by atoms with Crippen molar-refractivity contribution in [3.8, 4) is 11.5 Å². The van der Waals surface area contributed by atoms with Crippen molar-refractivity contribution in [3.05, 3.63) is 23.8 Å². The van der Waals surface area contributed by atoms with Crippen molar-refractivity contribution in [2.24, 2.45) is 17.8 Å². The molecule has 0 saturated heterocycles. The normalized spacial score (nSPS) is 12.9. The lowest BCUT2D eigenvalue weighted by atomic mass is 10.0. The number of benzene rings is 1. The maximum absolute atomic E-state index is 12.4. The molecule has 1 unspecified atom stereocenters. The number of methoxy groups -OCH3 is 1. The first-order valence-corrected chi connectivity index (χ1v) is 12.4.